The van der Waals surface area contributed by atoms with Crippen molar-refractivity contribution in [2.24, 2.45) is 11.7 Å². The normalized spacial score (nSPS) is 30.1. The van der Waals surface area contributed by atoms with Crippen LogP contribution in [0.5, 0.6) is 5.75 Å². The number of benzene rings is 1. The molecule has 75 heavy (non-hydrogen) atoms. The van der Waals surface area contributed by atoms with E-state index >= 15 is 0 Å². The van der Waals surface area contributed by atoms with Crippen molar-refractivity contribution in [2.75, 3.05) is 13.1 Å². The maximum Gasteiger partial charge on any atom is 0.250 e. The summed E-state index contributed by atoms with van der Waals surface area (Å²) in [6, 6.07) is -5.51. The molecule has 8 amide bonds. The first kappa shape index (κ1) is 62.0. The highest BCUT2D eigenvalue weighted by atomic mass is 16.3. The topological polar surface area (TPSA) is 411 Å². The predicted molar refractivity (Wildman–Crippen MR) is 266 cm³/mol. The highest BCUT2D eigenvalue weighted by molar-refractivity contribution is 5.99. The standard InChI is InChI=1S/C50H80N8O17/c1-5-6-7-8-9-10-11-12-13-14-15-16-36(65)52-31-22-34(63)45(71)56-49(75)50(4)42(68)26(2)24-58(50)48(74)38(33(62)23-35(51)64)54-46(72)39(41(67)40(66)28-17-19-29(60)20-18-28)55-44(70)32-21-30(61)25-57(32)47(73)37(27(3)59)53-43(31)69/h17-20,26-27,30-34,37-42,45,59-63,66-68,71H,5-16,21-25H2,1-4H3,(H2,51,64)(H,52,65)(H,53,69)(H,54,72)(H,55,70)(H,56,75). The van der Waals surface area contributed by atoms with E-state index in [1.165, 1.54) is 26.2 Å². The van der Waals surface area contributed by atoms with Crippen LogP contribution in [-0.2, 0) is 38.4 Å². The molecule has 25 nitrogen and oxygen atoms in total. The van der Waals surface area contributed by atoms with Gasteiger partial charge in [0.2, 0.25) is 47.3 Å². The Labute approximate surface area is 436 Å². The first-order valence-corrected chi connectivity index (χ1v) is 26.0. The number of amides is 8. The van der Waals surface area contributed by atoms with E-state index in [1.54, 1.807) is 0 Å². The zero-order chi connectivity index (χ0) is 55.9. The number of nitrogens with zero attached hydrogens (tertiary/aromatic N) is 2. The van der Waals surface area contributed by atoms with Crippen molar-refractivity contribution < 1.29 is 84.3 Å². The van der Waals surface area contributed by atoms with E-state index in [0.717, 1.165) is 81.5 Å². The molecule has 3 aliphatic rings. The predicted octanol–water partition coefficient (Wildman–Crippen LogP) is -3.20. The Morgan fingerprint density at radius 1 is 0.747 bits per heavy atom. The van der Waals surface area contributed by atoms with Crippen LogP contribution >= 0.6 is 0 Å². The van der Waals surface area contributed by atoms with Gasteiger partial charge in [0.25, 0.3) is 0 Å². The number of rotatable bonds is 20. The van der Waals surface area contributed by atoms with Crippen LogP contribution in [0.3, 0.4) is 0 Å². The second-order valence-corrected chi connectivity index (χ2v) is 20.5. The molecule has 16 N–H and O–H groups in total. The number of carbonyl (C=O) groups excluding carboxylic acids is 8. The highest BCUT2D eigenvalue weighted by Crippen LogP contribution is 2.35. The van der Waals surface area contributed by atoms with Gasteiger partial charge in [0.05, 0.1) is 30.8 Å². The fourth-order valence-electron chi connectivity index (χ4n) is 9.85. The molecule has 3 aliphatic heterocycles. The lowest BCUT2D eigenvalue weighted by Gasteiger charge is -2.39. The Hall–Kier alpha value is -5.54. The number of unbranched alkanes of at least 4 members (excludes halogenated alkanes) is 10. The summed E-state index contributed by atoms with van der Waals surface area (Å²) in [4.78, 5) is 113. The third kappa shape index (κ3) is 16.5. The van der Waals surface area contributed by atoms with Crippen molar-refractivity contribution >= 4 is 47.3 Å². The zero-order valence-electron chi connectivity index (χ0n) is 43.2. The summed E-state index contributed by atoms with van der Waals surface area (Å²) in [6.45, 7) is 4.68. The molecule has 25 heteroatoms. The number of phenols is 1. The Kier molecular flexibility index (Phi) is 23.6. The number of carbonyl (C=O) groups is 8. The molecule has 4 rings (SSSR count). The van der Waals surface area contributed by atoms with E-state index in [1.807, 2.05) is 0 Å². The van der Waals surface area contributed by atoms with Crippen LogP contribution in [0.1, 0.15) is 136 Å². The number of fused-ring (bicyclic) bond motifs is 2. The Morgan fingerprint density at radius 3 is 1.88 bits per heavy atom. The largest absolute Gasteiger partial charge is 0.508 e. The van der Waals surface area contributed by atoms with Crippen molar-refractivity contribution in [3.05, 3.63) is 29.8 Å². The second kappa shape index (κ2) is 28.6. The van der Waals surface area contributed by atoms with Gasteiger partial charge in [0, 0.05) is 38.3 Å². The van der Waals surface area contributed by atoms with Crippen molar-refractivity contribution in [2.45, 2.75) is 209 Å². The number of aliphatic hydroxyl groups is 8. The number of hydrogen-bond donors (Lipinski definition) is 15. The zero-order valence-corrected chi connectivity index (χ0v) is 43.2. The Morgan fingerprint density at radius 2 is 1.31 bits per heavy atom. The molecule has 0 spiro atoms. The summed E-state index contributed by atoms with van der Waals surface area (Å²) in [5, 5.41) is 112. The summed E-state index contributed by atoms with van der Waals surface area (Å²) in [5.74, 6) is -10.9. The molecule has 0 aliphatic carbocycles. The quantitative estimate of drug-likeness (QED) is 0.0572. The maximum absolute atomic E-state index is 14.7. The van der Waals surface area contributed by atoms with E-state index in [-0.39, 0.29) is 17.7 Å². The van der Waals surface area contributed by atoms with Crippen molar-refractivity contribution in [3.63, 3.8) is 0 Å². The van der Waals surface area contributed by atoms with Crippen molar-refractivity contribution in [3.8, 4) is 5.75 Å². The van der Waals surface area contributed by atoms with Gasteiger partial charge in [-0.1, -0.05) is 90.2 Å². The fourth-order valence-corrected chi connectivity index (χ4v) is 9.85. The summed E-state index contributed by atoms with van der Waals surface area (Å²) >= 11 is 0. The van der Waals surface area contributed by atoms with E-state index in [4.69, 9.17) is 5.73 Å². The van der Waals surface area contributed by atoms with Crippen LogP contribution < -0.4 is 32.3 Å². The molecule has 15 unspecified atom stereocenters. The van der Waals surface area contributed by atoms with Gasteiger partial charge in [-0.2, -0.15) is 0 Å². The number of aromatic hydroxyl groups is 1. The minimum absolute atomic E-state index is 0.0795. The molecule has 1 aromatic carbocycles. The number of hydrogen-bond acceptors (Lipinski definition) is 17. The molecule has 1 aromatic rings. The van der Waals surface area contributed by atoms with Crippen LogP contribution in [0.4, 0.5) is 0 Å². The van der Waals surface area contributed by atoms with Gasteiger partial charge in [0.1, 0.15) is 59.8 Å². The summed E-state index contributed by atoms with van der Waals surface area (Å²) in [7, 11) is 0. The third-order valence-electron chi connectivity index (χ3n) is 14.4. The number of aliphatic hydroxyl groups excluding tert-OH is 8. The van der Waals surface area contributed by atoms with E-state index in [0.29, 0.717) is 17.7 Å². The summed E-state index contributed by atoms with van der Waals surface area (Å²) < 4.78 is 0. The fraction of sp³-hybridized carbons (Fsp3) is 0.720. The van der Waals surface area contributed by atoms with Gasteiger partial charge >= 0.3 is 0 Å². The molecule has 0 bridgehead atoms. The smallest absolute Gasteiger partial charge is 0.250 e. The van der Waals surface area contributed by atoms with E-state index in [2.05, 4.69) is 33.5 Å². The summed E-state index contributed by atoms with van der Waals surface area (Å²) in [5.41, 5.74) is 2.84. The van der Waals surface area contributed by atoms with Gasteiger partial charge in [-0.15, -0.1) is 0 Å². The monoisotopic (exact) mass is 1060 g/mol. The van der Waals surface area contributed by atoms with Crippen LogP contribution in [0.2, 0.25) is 0 Å². The summed E-state index contributed by atoms with van der Waals surface area (Å²) in [6.07, 6.45) is -7.54. The SMILES string of the molecule is CCCCCCCCCCCCCC(=O)NC1CC(O)C(O)NC(=O)C2(C)C(O)C(C)CN2C(=O)C(C(O)CC(N)=O)NC(=O)C(C(O)C(O)c2ccc(O)cc2)NC(=O)C2CC(O)CN2C(=O)C(C(C)O)NC1=O. The average Bonchev–Trinajstić information content (AvgIpc) is 3.86. The lowest BCUT2D eigenvalue weighted by molar-refractivity contribution is -0.155. The van der Waals surface area contributed by atoms with Crippen LogP contribution in [0, 0.1) is 5.92 Å². The molecule has 3 heterocycles. The van der Waals surface area contributed by atoms with Crippen molar-refractivity contribution in [1.82, 2.24) is 36.4 Å². The highest BCUT2D eigenvalue weighted by Gasteiger charge is 2.58. The molecule has 0 aromatic heterocycles. The maximum atomic E-state index is 14.7. The molecule has 15 atom stereocenters. The molecule has 0 saturated carbocycles. The lowest BCUT2D eigenvalue weighted by atomic mass is 9.89. The number of nitrogens with two attached hydrogens (primary N) is 1. The van der Waals surface area contributed by atoms with E-state index < -0.39 is 170 Å². The number of phenolic OH excluding ortho intramolecular Hbond substituents is 1. The molecule has 3 fully saturated rings. The second-order valence-electron chi connectivity index (χ2n) is 20.5. The number of nitrogens with one attached hydrogen (secondary N) is 5. The van der Waals surface area contributed by atoms with Gasteiger partial charge in [-0.3, -0.25) is 38.4 Å². The first-order valence-electron chi connectivity index (χ1n) is 26.0. The van der Waals surface area contributed by atoms with Gasteiger partial charge in [-0.25, -0.2) is 0 Å². The van der Waals surface area contributed by atoms with Gasteiger partial charge < -0.3 is 88.1 Å². The molecule has 3 saturated heterocycles. The lowest BCUT2D eigenvalue weighted by Crippen LogP contribution is -2.67. The molecule has 0 radical (unpaired) electrons. The molecular formula is C50H80N8O17. The van der Waals surface area contributed by atoms with Crippen LogP contribution in [-0.4, -0.2) is 195 Å². The van der Waals surface area contributed by atoms with Gasteiger partial charge in [-0.05, 0) is 38.0 Å². The Balaban J connectivity index is 1.76. The third-order valence-corrected chi connectivity index (χ3v) is 14.4. The Bertz CT molecular complexity index is 2120. The van der Waals surface area contributed by atoms with E-state index in [9.17, 15) is 84.3 Å². The van der Waals surface area contributed by atoms with Crippen molar-refractivity contribution in [1.29, 1.82) is 0 Å². The minimum Gasteiger partial charge on any atom is -0.508 e. The van der Waals surface area contributed by atoms with Crippen LogP contribution in [0.15, 0.2) is 24.3 Å². The minimum atomic E-state index is -2.41. The first-order chi connectivity index (χ1) is 35.3. The number of primary amides is 1. The molecule has 422 valence electrons. The van der Waals surface area contributed by atoms with Gasteiger partial charge in [0.15, 0.2) is 6.23 Å². The van der Waals surface area contributed by atoms with Crippen LogP contribution in [0.25, 0.3) is 0 Å². The molecular weight excluding hydrogens is 985 g/mol. The average molecular weight is 1070 g/mol.